The number of halogens is 2. The van der Waals surface area contributed by atoms with E-state index in [9.17, 15) is 14.4 Å². The van der Waals surface area contributed by atoms with Crippen LogP contribution in [0, 0.1) is 6.92 Å². The lowest BCUT2D eigenvalue weighted by Gasteiger charge is -2.07. The standard InChI is InChI=1S/C23H17Cl2N3O4/c1-14-5-2-3-8-20(14)27-21(29)22(30)28-26-13-15-6-4-7-17(11-15)32-23(31)18-10-9-16(24)12-19(18)25/h2-13H,1H3,(H,27,29)(H,28,30)/b26-13+. The summed E-state index contributed by atoms with van der Waals surface area (Å²) < 4.78 is 5.33. The molecule has 0 saturated heterocycles. The van der Waals surface area contributed by atoms with Gasteiger partial charge in [0.25, 0.3) is 0 Å². The van der Waals surface area contributed by atoms with Gasteiger partial charge in [0.1, 0.15) is 5.75 Å². The molecule has 0 aliphatic rings. The summed E-state index contributed by atoms with van der Waals surface area (Å²) in [4.78, 5) is 36.3. The van der Waals surface area contributed by atoms with E-state index in [0.717, 1.165) is 5.56 Å². The first kappa shape index (κ1) is 23.0. The van der Waals surface area contributed by atoms with E-state index < -0.39 is 17.8 Å². The largest absolute Gasteiger partial charge is 0.423 e. The van der Waals surface area contributed by atoms with E-state index in [2.05, 4.69) is 15.8 Å². The summed E-state index contributed by atoms with van der Waals surface area (Å²) in [5.74, 6) is -2.18. The molecule has 3 aromatic carbocycles. The molecule has 0 radical (unpaired) electrons. The molecule has 0 bridgehead atoms. The van der Waals surface area contributed by atoms with Crippen LogP contribution in [0.4, 0.5) is 5.69 Å². The average Bonchev–Trinajstić information content (AvgIpc) is 2.75. The van der Waals surface area contributed by atoms with Gasteiger partial charge in [-0.1, -0.05) is 53.5 Å². The van der Waals surface area contributed by atoms with E-state index >= 15 is 0 Å². The van der Waals surface area contributed by atoms with Crippen LogP contribution in [0.5, 0.6) is 5.75 Å². The molecule has 0 heterocycles. The highest BCUT2D eigenvalue weighted by molar-refractivity contribution is 6.39. The summed E-state index contributed by atoms with van der Waals surface area (Å²) in [7, 11) is 0. The number of esters is 1. The Morgan fingerprint density at radius 1 is 0.938 bits per heavy atom. The van der Waals surface area contributed by atoms with E-state index in [-0.39, 0.29) is 16.3 Å². The summed E-state index contributed by atoms with van der Waals surface area (Å²) in [5.41, 5.74) is 4.20. The average molecular weight is 470 g/mol. The van der Waals surface area contributed by atoms with Crippen LogP contribution in [-0.4, -0.2) is 24.0 Å². The van der Waals surface area contributed by atoms with E-state index in [1.165, 1.54) is 30.5 Å². The number of hydrazone groups is 1. The van der Waals surface area contributed by atoms with Gasteiger partial charge in [-0.05, 0) is 54.4 Å². The highest BCUT2D eigenvalue weighted by Crippen LogP contribution is 2.23. The van der Waals surface area contributed by atoms with Gasteiger partial charge in [0.2, 0.25) is 0 Å². The third-order valence-electron chi connectivity index (χ3n) is 4.20. The van der Waals surface area contributed by atoms with Crippen molar-refractivity contribution in [3.05, 3.63) is 93.5 Å². The number of hydrogen-bond acceptors (Lipinski definition) is 5. The zero-order chi connectivity index (χ0) is 23.1. The molecule has 3 aromatic rings. The molecule has 0 atom stereocenters. The molecule has 0 aliphatic heterocycles. The number of ether oxygens (including phenoxy) is 1. The van der Waals surface area contributed by atoms with Gasteiger partial charge in [0.15, 0.2) is 0 Å². The summed E-state index contributed by atoms with van der Waals surface area (Å²) in [6.45, 7) is 1.81. The van der Waals surface area contributed by atoms with Gasteiger partial charge < -0.3 is 10.1 Å². The molecule has 0 saturated carbocycles. The molecule has 32 heavy (non-hydrogen) atoms. The molecule has 9 heteroatoms. The van der Waals surface area contributed by atoms with Crippen LogP contribution < -0.4 is 15.5 Å². The molecule has 0 spiro atoms. The zero-order valence-corrected chi connectivity index (χ0v) is 18.3. The third-order valence-corrected chi connectivity index (χ3v) is 4.75. The minimum absolute atomic E-state index is 0.169. The highest BCUT2D eigenvalue weighted by atomic mass is 35.5. The van der Waals surface area contributed by atoms with Crippen molar-refractivity contribution < 1.29 is 19.1 Å². The Morgan fingerprint density at radius 2 is 1.72 bits per heavy atom. The first-order valence-electron chi connectivity index (χ1n) is 9.31. The van der Waals surface area contributed by atoms with Crippen molar-refractivity contribution in [2.75, 3.05) is 5.32 Å². The third kappa shape index (κ3) is 6.16. The van der Waals surface area contributed by atoms with Crippen LogP contribution in [0.3, 0.4) is 0 Å². The fourth-order valence-corrected chi connectivity index (χ4v) is 3.07. The number of aryl methyl sites for hydroxylation is 1. The lowest BCUT2D eigenvalue weighted by molar-refractivity contribution is -0.136. The Balaban J connectivity index is 1.59. The summed E-state index contributed by atoms with van der Waals surface area (Å²) in [6.07, 6.45) is 1.31. The van der Waals surface area contributed by atoms with Crippen LogP contribution in [0.25, 0.3) is 0 Å². The first-order chi connectivity index (χ1) is 15.3. The number of carbonyl (C=O) groups is 3. The predicted molar refractivity (Wildman–Crippen MR) is 123 cm³/mol. The minimum Gasteiger partial charge on any atom is -0.423 e. The Labute approximate surface area is 194 Å². The zero-order valence-electron chi connectivity index (χ0n) is 16.8. The predicted octanol–water partition coefficient (Wildman–Crippen LogP) is 4.61. The fourth-order valence-electron chi connectivity index (χ4n) is 2.58. The van der Waals surface area contributed by atoms with E-state index in [1.807, 2.05) is 19.1 Å². The smallest absolute Gasteiger partial charge is 0.345 e. The molecule has 0 aliphatic carbocycles. The molecular formula is C23H17Cl2N3O4. The van der Waals surface area contributed by atoms with Gasteiger partial charge in [0, 0.05) is 10.7 Å². The van der Waals surface area contributed by atoms with Crippen molar-refractivity contribution in [1.82, 2.24) is 5.43 Å². The van der Waals surface area contributed by atoms with Gasteiger partial charge in [-0.2, -0.15) is 5.10 Å². The first-order valence-corrected chi connectivity index (χ1v) is 10.1. The van der Waals surface area contributed by atoms with Crippen molar-refractivity contribution >= 4 is 52.9 Å². The number of rotatable bonds is 5. The van der Waals surface area contributed by atoms with Crippen LogP contribution in [0.15, 0.2) is 71.8 Å². The normalized spacial score (nSPS) is 10.6. The summed E-state index contributed by atoms with van der Waals surface area (Å²) in [5, 5.41) is 6.85. The van der Waals surface area contributed by atoms with Crippen LogP contribution >= 0.6 is 23.2 Å². The molecule has 7 nitrogen and oxygen atoms in total. The SMILES string of the molecule is Cc1ccccc1NC(=O)C(=O)N/N=C/c1cccc(OC(=O)c2ccc(Cl)cc2Cl)c1. The van der Waals surface area contributed by atoms with Gasteiger partial charge >= 0.3 is 17.8 Å². The minimum atomic E-state index is -0.926. The number of anilines is 1. The van der Waals surface area contributed by atoms with Gasteiger partial charge in [-0.3, -0.25) is 9.59 Å². The molecule has 2 N–H and O–H groups in total. The van der Waals surface area contributed by atoms with Crippen LogP contribution in [0.1, 0.15) is 21.5 Å². The van der Waals surface area contributed by atoms with Crippen molar-refractivity contribution in [2.45, 2.75) is 6.92 Å². The van der Waals surface area contributed by atoms with Gasteiger partial charge in [-0.25, -0.2) is 10.2 Å². The summed E-state index contributed by atoms with van der Waals surface area (Å²) in [6, 6.07) is 17.9. The Kier molecular flexibility index (Phi) is 7.59. The van der Waals surface area contributed by atoms with Crippen LogP contribution in [0.2, 0.25) is 10.0 Å². The number of hydrogen-bond donors (Lipinski definition) is 2. The second-order valence-electron chi connectivity index (χ2n) is 6.55. The second kappa shape index (κ2) is 10.6. The molecule has 162 valence electrons. The number of nitrogens with one attached hydrogen (secondary N) is 2. The van der Waals surface area contributed by atoms with Gasteiger partial charge in [0.05, 0.1) is 16.8 Å². The fraction of sp³-hybridized carbons (Fsp3) is 0.0435. The van der Waals surface area contributed by atoms with Crippen molar-refractivity contribution in [3.63, 3.8) is 0 Å². The quantitative estimate of drug-likeness (QED) is 0.187. The number of carbonyl (C=O) groups excluding carboxylic acids is 3. The maximum Gasteiger partial charge on any atom is 0.345 e. The van der Waals surface area contributed by atoms with Crippen molar-refractivity contribution in [3.8, 4) is 5.75 Å². The van der Waals surface area contributed by atoms with Crippen molar-refractivity contribution in [2.24, 2.45) is 5.10 Å². The second-order valence-corrected chi connectivity index (χ2v) is 7.40. The Bertz CT molecular complexity index is 1210. The lowest BCUT2D eigenvalue weighted by Crippen LogP contribution is -2.32. The van der Waals surface area contributed by atoms with E-state index in [0.29, 0.717) is 16.3 Å². The van der Waals surface area contributed by atoms with Crippen LogP contribution in [-0.2, 0) is 9.59 Å². The maximum atomic E-state index is 12.3. The number of amides is 2. The number of benzene rings is 3. The lowest BCUT2D eigenvalue weighted by atomic mass is 10.2. The summed E-state index contributed by atoms with van der Waals surface area (Å²) >= 11 is 11.9. The Hall–Kier alpha value is -3.68. The molecular weight excluding hydrogens is 453 g/mol. The highest BCUT2D eigenvalue weighted by Gasteiger charge is 2.14. The molecule has 3 rings (SSSR count). The molecule has 0 fully saturated rings. The van der Waals surface area contributed by atoms with Gasteiger partial charge in [-0.15, -0.1) is 0 Å². The monoisotopic (exact) mass is 469 g/mol. The van der Waals surface area contributed by atoms with E-state index in [4.69, 9.17) is 27.9 Å². The molecule has 0 unspecified atom stereocenters. The molecule has 0 aromatic heterocycles. The van der Waals surface area contributed by atoms with E-state index in [1.54, 1.807) is 30.3 Å². The Morgan fingerprint density at radius 3 is 2.47 bits per heavy atom. The molecule has 2 amide bonds. The number of nitrogens with zero attached hydrogens (tertiary/aromatic N) is 1. The maximum absolute atomic E-state index is 12.3. The van der Waals surface area contributed by atoms with Crippen molar-refractivity contribution in [1.29, 1.82) is 0 Å². The topological polar surface area (TPSA) is 96.9 Å². The number of para-hydroxylation sites is 1.